The molecule has 0 amide bonds. The van der Waals surface area contributed by atoms with Crippen molar-refractivity contribution in [2.75, 3.05) is 26.4 Å². The second-order valence-corrected chi connectivity index (χ2v) is 19.5. The van der Waals surface area contributed by atoms with Gasteiger partial charge in [-0.1, -0.05) is 36.7 Å². The molecule has 0 aromatic heterocycles. The van der Waals surface area contributed by atoms with Crippen molar-refractivity contribution in [2.24, 2.45) is 47.3 Å². The molecule has 64 heavy (non-hydrogen) atoms. The van der Waals surface area contributed by atoms with Crippen LogP contribution < -0.4 is 9.47 Å². The van der Waals surface area contributed by atoms with Crippen LogP contribution in [0.5, 0.6) is 11.5 Å². The lowest BCUT2D eigenvalue weighted by Gasteiger charge is -2.36. The van der Waals surface area contributed by atoms with Gasteiger partial charge < -0.3 is 28.4 Å². The van der Waals surface area contributed by atoms with Crippen molar-refractivity contribution in [1.82, 2.24) is 0 Å². The van der Waals surface area contributed by atoms with Gasteiger partial charge in [-0.05, 0) is 139 Å². The Morgan fingerprint density at radius 2 is 0.875 bits per heavy atom. The van der Waals surface area contributed by atoms with Crippen LogP contribution in [0.3, 0.4) is 0 Å². The van der Waals surface area contributed by atoms with E-state index < -0.39 is 11.9 Å². The van der Waals surface area contributed by atoms with E-state index in [1.165, 1.54) is 23.5 Å². The maximum absolute atomic E-state index is 13.6. The number of esters is 6. The van der Waals surface area contributed by atoms with Crippen LogP contribution in [0.15, 0.2) is 57.2 Å². The molecule has 0 atom stereocenters. The summed E-state index contributed by atoms with van der Waals surface area (Å²) in [5.74, 6) is -0.735. The van der Waals surface area contributed by atoms with Gasteiger partial charge >= 0.3 is 35.8 Å². The number of thioether (sulfide) groups is 2. The third-order valence-corrected chi connectivity index (χ3v) is 16.1. The van der Waals surface area contributed by atoms with Crippen LogP contribution >= 0.6 is 23.5 Å². The molecule has 0 spiro atoms. The van der Waals surface area contributed by atoms with E-state index >= 15 is 0 Å². The standard InChI is InChI=1S/C48H56N2O12S2/c1-4-40(51)57-24-26-59-44(53)33-14-6-29(7-15-33)31-10-18-35(19-11-31)46(55)61-38-22-23-39(43-42(38)63-48(64-43)37(28-49)50-3)62-47(56)36-20-12-32(13-21-36)30-8-16-34(17-9-30)45(54)60-27-25-58-41(52)5-2/h4-5,22-23,29-36H,1-2,6-21,24-27H2. The molecule has 16 heteroatoms. The summed E-state index contributed by atoms with van der Waals surface area (Å²) < 4.78 is 32.9. The predicted octanol–water partition coefficient (Wildman–Crippen LogP) is 9.08. The van der Waals surface area contributed by atoms with Gasteiger partial charge in [-0.2, -0.15) is 0 Å². The monoisotopic (exact) mass is 916 g/mol. The van der Waals surface area contributed by atoms with Crippen LogP contribution in [0.4, 0.5) is 0 Å². The molecule has 14 nitrogen and oxygen atoms in total. The minimum Gasteiger partial charge on any atom is -0.462 e. The maximum atomic E-state index is 13.6. The van der Waals surface area contributed by atoms with Crippen LogP contribution in [0.1, 0.15) is 103 Å². The Bertz CT molecular complexity index is 1900. The van der Waals surface area contributed by atoms with Crippen LogP contribution in [0, 0.1) is 65.2 Å². The van der Waals surface area contributed by atoms with Crippen molar-refractivity contribution in [3.05, 3.63) is 58.8 Å². The van der Waals surface area contributed by atoms with E-state index in [4.69, 9.17) is 35.0 Å². The van der Waals surface area contributed by atoms with Gasteiger partial charge in [0.15, 0.2) is 0 Å². The fraction of sp³-hybridized carbons (Fsp3) is 0.583. The summed E-state index contributed by atoms with van der Waals surface area (Å²) >= 11 is 2.34. The molecule has 5 aliphatic rings. The van der Waals surface area contributed by atoms with Crippen LogP contribution in [0.25, 0.3) is 4.85 Å². The van der Waals surface area contributed by atoms with Crippen molar-refractivity contribution in [3.63, 3.8) is 0 Å². The molecule has 342 valence electrons. The first-order chi connectivity index (χ1) is 31.0. The minimum atomic E-state index is -0.555. The molecule has 0 saturated heterocycles. The van der Waals surface area contributed by atoms with Crippen molar-refractivity contribution in [3.8, 4) is 17.6 Å². The molecule has 0 radical (unpaired) electrons. The lowest BCUT2D eigenvalue weighted by Crippen LogP contribution is -2.32. The summed E-state index contributed by atoms with van der Waals surface area (Å²) in [5.41, 5.74) is -0.0904. The number of fused-ring (bicyclic) bond motifs is 1. The van der Waals surface area contributed by atoms with E-state index in [0.29, 0.717) is 74.9 Å². The number of hydrogen-bond acceptors (Lipinski definition) is 15. The zero-order valence-corrected chi connectivity index (χ0v) is 37.7. The summed E-state index contributed by atoms with van der Waals surface area (Å²) in [6.07, 6.45) is 15.0. The van der Waals surface area contributed by atoms with Gasteiger partial charge in [0.1, 0.15) is 37.9 Å². The number of rotatable bonds is 16. The molecule has 0 unspecified atom stereocenters. The van der Waals surface area contributed by atoms with Gasteiger partial charge in [0.05, 0.1) is 50.3 Å². The summed E-state index contributed by atoms with van der Waals surface area (Å²) in [6, 6.07) is 5.21. The van der Waals surface area contributed by atoms with Gasteiger partial charge in [0, 0.05) is 12.2 Å². The fourth-order valence-corrected chi connectivity index (χ4v) is 12.4. The smallest absolute Gasteiger partial charge is 0.330 e. The number of ether oxygens (including phenoxy) is 6. The Labute approximate surface area is 383 Å². The molecular formula is C48H56N2O12S2. The first-order valence-corrected chi connectivity index (χ1v) is 24.0. The molecule has 4 saturated carbocycles. The first-order valence-electron chi connectivity index (χ1n) is 22.4. The largest absolute Gasteiger partial charge is 0.462 e. The van der Waals surface area contributed by atoms with Crippen molar-refractivity contribution in [2.45, 2.75) is 113 Å². The highest BCUT2D eigenvalue weighted by Gasteiger charge is 2.39. The summed E-state index contributed by atoms with van der Waals surface area (Å²) in [5, 5.41) is 9.67. The summed E-state index contributed by atoms with van der Waals surface area (Å²) in [7, 11) is 0. The SMILES string of the molecule is [C-]#[N+]C(C#N)=C1Sc2c(OC(=O)C3CCC(C4CCC(C(=O)OCCOC(=O)C=C)CC4)CC3)ccc(OC(=O)C3CCC(C4CCC(C(=O)OCCOC(=O)C=C)CC4)CC3)c2S1. The van der Waals surface area contributed by atoms with Gasteiger partial charge in [0.25, 0.3) is 5.70 Å². The number of nitriles is 1. The molecule has 1 aromatic rings. The van der Waals surface area contributed by atoms with Gasteiger partial charge in [0.2, 0.25) is 0 Å². The van der Waals surface area contributed by atoms with E-state index in [1.807, 2.05) is 6.07 Å². The second kappa shape index (κ2) is 23.7. The third kappa shape index (κ3) is 12.8. The molecule has 1 aliphatic heterocycles. The number of allylic oxidation sites excluding steroid dienone is 1. The minimum absolute atomic E-state index is 0.000488. The number of nitrogens with zero attached hydrogens (tertiary/aromatic N) is 2. The highest BCUT2D eigenvalue weighted by Crippen LogP contribution is 2.59. The van der Waals surface area contributed by atoms with Crippen molar-refractivity contribution < 1.29 is 57.2 Å². The summed E-state index contributed by atoms with van der Waals surface area (Å²) in [6.45, 7) is 14.3. The average molecular weight is 917 g/mol. The van der Waals surface area contributed by atoms with E-state index in [9.17, 15) is 34.0 Å². The van der Waals surface area contributed by atoms with Crippen LogP contribution in [-0.2, 0) is 47.7 Å². The highest BCUT2D eigenvalue weighted by molar-refractivity contribution is 8.24. The molecular weight excluding hydrogens is 861 g/mol. The first kappa shape index (κ1) is 48.4. The molecule has 6 rings (SSSR count). The lowest BCUT2D eigenvalue weighted by molar-refractivity contribution is -0.154. The molecule has 0 N–H and O–H groups in total. The topological polar surface area (TPSA) is 186 Å². The normalized spacial score (nSPS) is 26.3. The number of benzene rings is 1. The lowest BCUT2D eigenvalue weighted by atomic mass is 9.69. The number of hydrogen-bond donors (Lipinski definition) is 0. The number of carbonyl (C=O) groups excluding carboxylic acids is 6. The van der Waals surface area contributed by atoms with E-state index in [0.717, 1.165) is 89.2 Å². The quantitative estimate of drug-likeness (QED) is 0.0291. The zero-order chi connectivity index (χ0) is 45.6. The second-order valence-electron chi connectivity index (χ2n) is 17.2. The number of carbonyl (C=O) groups is 6. The molecule has 1 aromatic carbocycles. The molecule has 1 heterocycles. The average Bonchev–Trinajstić information content (AvgIpc) is 3.79. The Kier molecular flexibility index (Phi) is 18.0. The molecule has 4 aliphatic carbocycles. The van der Waals surface area contributed by atoms with Crippen LogP contribution in [0.2, 0.25) is 0 Å². The predicted molar refractivity (Wildman–Crippen MR) is 235 cm³/mol. The van der Waals surface area contributed by atoms with E-state index in [-0.39, 0.29) is 79.7 Å². The van der Waals surface area contributed by atoms with E-state index in [1.54, 1.807) is 12.1 Å². The molecule has 0 bridgehead atoms. The van der Waals surface area contributed by atoms with Gasteiger partial charge in [-0.3, -0.25) is 19.2 Å². The Morgan fingerprint density at radius 1 is 0.562 bits per heavy atom. The van der Waals surface area contributed by atoms with Gasteiger partial charge in [-0.15, -0.1) is 0 Å². The van der Waals surface area contributed by atoms with Crippen molar-refractivity contribution in [1.29, 1.82) is 5.26 Å². The molecule has 4 fully saturated rings. The van der Waals surface area contributed by atoms with Gasteiger partial charge in [-0.25, -0.2) is 19.7 Å². The Balaban J connectivity index is 0.965. The zero-order valence-electron chi connectivity index (χ0n) is 36.1. The maximum Gasteiger partial charge on any atom is 0.330 e. The highest BCUT2D eigenvalue weighted by atomic mass is 32.2. The third-order valence-electron chi connectivity index (χ3n) is 13.5. The van der Waals surface area contributed by atoms with Crippen molar-refractivity contribution >= 4 is 59.3 Å². The Morgan fingerprint density at radius 3 is 1.17 bits per heavy atom. The van der Waals surface area contributed by atoms with Crippen LogP contribution in [-0.4, -0.2) is 62.2 Å². The Hall–Kier alpha value is -5.06. The fourth-order valence-electron chi connectivity index (χ4n) is 9.91. The van der Waals surface area contributed by atoms with E-state index in [2.05, 4.69) is 18.0 Å². The summed E-state index contributed by atoms with van der Waals surface area (Å²) in [4.78, 5) is 79.2.